The lowest BCUT2D eigenvalue weighted by Crippen LogP contribution is -2.19. The van der Waals surface area contributed by atoms with E-state index in [1.807, 2.05) is 42.5 Å². The third-order valence-electron chi connectivity index (χ3n) is 3.48. The van der Waals surface area contributed by atoms with Crippen molar-refractivity contribution in [2.45, 2.75) is 0 Å². The van der Waals surface area contributed by atoms with Crippen LogP contribution in [0.15, 0.2) is 55.2 Å². The lowest BCUT2D eigenvalue weighted by Gasteiger charge is -2.07. The molecule has 0 bridgehead atoms. The zero-order chi connectivity index (χ0) is 18.7. The molecular weight excluding hydrogens is 484 g/mol. The Kier molecular flexibility index (Phi) is 6.05. The number of carbonyl (C=O) groups is 1. The number of rotatable bonds is 4. The molecule has 1 saturated heterocycles. The SMILES string of the molecule is COc1ccc(N=C2NC(=O)/C(=C/c3cc(Br)c(OC)c(Br)c3)S2)cc1. The minimum absolute atomic E-state index is 0.176. The molecule has 1 aliphatic rings. The molecule has 0 radical (unpaired) electrons. The molecule has 1 amide bonds. The number of aliphatic imine (C=N–C) groups is 1. The lowest BCUT2D eigenvalue weighted by molar-refractivity contribution is -0.115. The molecule has 8 heteroatoms. The minimum atomic E-state index is -0.176. The Morgan fingerprint density at radius 1 is 1.08 bits per heavy atom. The van der Waals surface area contributed by atoms with E-state index in [1.165, 1.54) is 11.8 Å². The molecule has 0 unspecified atom stereocenters. The van der Waals surface area contributed by atoms with Crippen molar-refractivity contribution in [3.8, 4) is 11.5 Å². The molecule has 134 valence electrons. The van der Waals surface area contributed by atoms with Crippen LogP contribution in [-0.4, -0.2) is 25.3 Å². The molecule has 1 aliphatic heterocycles. The van der Waals surface area contributed by atoms with Crippen molar-refractivity contribution < 1.29 is 14.3 Å². The highest BCUT2D eigenvalue weighted by Gasteiger charge is 2.24. The Morgan fingerprint density at radius 3 is 2.31 bits per heavy atom. The summed E-state index contributed by atoms with van der Waals surface area (Å²) in [5, 5.41) is 3.32. The van der Waals surface area contributed by atoms with Gasteiger partial charge in [0.05, 0.1) is 33.8 Å². The van der Waals surface area contributed by atoms with Crippen LogP contribution in [0.3, 0.4) is 0 Å². The molecule has 0 spiro atoms. The summed E-state index contributed by atoms with van der Waals surface area (Å²) >= 11 is 8.23. The van der Waals surface area contributed by atoms with E-state index in [4.69, 9.17) is 9.47 Å². The van der Waals surface area contributed by atoms with Crippen LogP contribution in [-0.2, 0) is 4.79 Å². The van der Waals surface area contributed by atoms with Crippen LogP contribution in [0, 0.1) is 0 Å². The molecule has 1 heterocycles. The van der Waals surface area contributed by atoms with Gasteiger partial charge in [-0.3, -0.25) is 4.79 Å². The number of carbonyl (C=O) groups excluding carboxylic acids is 1. The summed E-state index contributed by atoms with van der Waals surface area (Å²) in [6.07, 6.45) is 1.81. The number of benzene rings is 2. The standard InChI is InChI=1S/C18H14Br2N2O3S/c1-24-12-5-3-11(4-6-12)21-18-22-17(23)15(26-18)9-10-7-13(19)16(25-2)14(20)8-10/h3-9H,1-2H3,(H,21,22,23)/b15-9-. The Balaban J connectivity index is 1.83. The minimum Gasteiger partial charge on any atom is -0.497 e. The molecule has 0 aromatic heterocycles. The van der Waals surface area contributed by atoms with Gasteiger partial charge in [0, 0.05) is 0 Å². The average Bonchev–Trinajstić information content (AvgIpc) is 2.94. The van der Waals surface area contributed by atoms with Crippen molar-refractivity contribution in [2.75, 3.05) is 14.2 Å². The molecule has 1 fully saturated rings. The fourth-order valence-corrected chi connectivity index (χ4v) is 4.65. The molecular formula is C18H14Br2N2O3S. The second kappa shape index (κ2) is 8.28. The highest BCUT2D eigenvalue weighted by molar-refractivity contribution is 9.11. The molecule has 26 heavy (non-hydrogen) atoms. The number of methoxy groups -OCH3 is 2. The first-order valence-electron chi connectivity index (χ1n) is 7.47. The van der Waals surface area contributed by atoms with Gasteiger partial charge in [-0.2, -0.15) is 0 Å². The second-order valence-electron chi connectivity index (χ2n) is 5.20. The molecule has 0 saturated carbocycles. The summed E-state index contributed by atoms with van der Waals surface area (Å²) in [4.78, 5) is 17.2. The molecule has 0 aliphatic carbocycles. The summed E-state index contributed by atoms with van der Waals surface area (Å²) in [5.74, 6) is 1.29. The van der Waals surface area contributed by atoms with Crippen molar-refractivity contribution in [2.24, 2.45) is 4.99 Å². The number of amidine groups is 1. The number of nitrogens with one attached hydrogen (secondary N) is 1. The van der Waals surface area contributed by atoms with Crippen molar-refractivity contribution in [3.63, 3.8) is 0 Å². The van der Waals surface area contributed by atoms with E-state index in [9.17, 15) is 4.79 Å². The number of hydrogen-bond acceptors (Lipinski definition) is 5. The van der Waals surface area contributed by atoms with E-state index in [0.29, 0.717) is 15.8 Å². The van der Waals surface area contributed by atoms with Gasteiger partial charge in [0.1, 0.15) is 11.5 Å². The molecule has 5 nitrogen and oxygen atoms in total. The first kappa shape index (κ1) is 19.0. The van der Waals surface area contributed by atoms with Crippen molar-refractivity contribution in [1.29, 1.82) is 0 Å². The summed E-state index contributed by atoms with van der Waals surface area (Å²) in [7, 11) is 3.21. The van der Waals surface area contributed by atoms with Crippen LogP contribution < -0.4 is 14.8 Å². The lowest BCUT2D eigenvalue weighted by atomic mass is 10.2. The number of halogens is 2. The predicted molar refractivity (Wildman–Crippen MR) is 112 cm³/mol. The van der Waals surface area contributed by atoms with Gasteiger partial charge in [-0.25, -0.2) is 4.99 Å². The first-order chi connectivity index (χ1) is 12.5. The third-order valence-corrected chi connectivity index (χ3v) is 5.56. The van der Waals surface area contributed by atoms with Gasteiger partial charge in [-0.05, 0) is 91.7 Å². The number of thioether (sulfide) groups is 1. The molecule has 1 N–H and O–H groups in total. The quantitative estimate of drug-likeness (QED) is 0.595. The highest BCUT2D eigenvalue weighted by atomic mass is 79.9. The van der Waals surface area contributed by atoms with Crippen LogP contribution in [0.2, 0.25) is 0 Å². The summed E-state index contributed by atoms with van der Waals surface area (Å²) in [6.45, 7) is 0. The second-order valence-corrected chi connectivity index (χ2v) is 7.94. The normalized spacial score (nSPS) is 16.8. The average molecular weight is 498 g/mol. The van der Waals surface area contributed by atoms with Crippen molar-refractivity contribution in [1.82, 2.24) is 5.32 Å². The molecule has 0 atom stereocenters. The number of nitrogens with zero attached hydrogens (tertiary/aromatic N) is 1. The predicted octanol–water partition coefficient (Wildman–Crippen LogP) is 5.12. The third kappa shape index (κ3) is 4.31. The van der Waals surface area contributed by atoms with Gasteiger partial charge >= 0.3 is 0 Å². The van der Waals surface area contributed by atoms with Gasteiger partial charge in [0.2, 0.25) is 0 Å². The van der Waals surface area contributed by atoms with E-state index in [2.05, 4.69) is 42.2 Å². The van der Waals surface area contributed by atoms with Crippen molar-refractivity contribution in [3.05, 3.63) is 55.8 Å². The maximum absolute atomic E-state index is 12.2. The zero-order valence-electron chi connectivity index (χ0n) is 13.9. The Bertz CT molecular complexity index is 888. The zero-order valence-corrected chi connectivity index (χ0v) is 17.9. The highest BCUT2D eigenvalue weighted by Crippen LogP contribution is 2.36. The number of ether oxygens (including phenoxy) is 2. The van der Waals surface area contributed by atoms with Gasteiger partial charge in [0.25, 0.3) is 5.91 Å². The van der Waals surface area contributed by atoms with Gasteiger partial charge in [-0.1, -0.05) is 0 Å². The summed E-state index contributed by atoms with van der Waals surface area (Å²) in [6, 6.07) is 11.1. The number of amides is 1. The van der Waals surface area contributed by atoms with E-state index in [1.54, 1.807) is 14.2 Å². The van der Waals surface area contributed by atoms with Crippen molar-refractivity contribution >= 4 is 66.5 Å². The van der Waals surface area contributed by atoms with E-state index < -0.39 is 0 Å². The Labute approximate surface area is 172 Å². The Morgan fingerprint density at radius 2 is 1.73 bits per heavy atom. The fourth-order valence-electron chi connectivity index (χ4n) is 2.26. The summed E-state index contributed by atoms with van der Waals surface area (Å²) < 4.78 is 12.0. The summed E-state index contributed by atoms with van der Waals surface area (Å²) in [5.41, 5.74) is 1.61. The maximum atomic E-state index is 12.2. The molecule has 3 rings (SSSR count). The van der Waals surface area contributed by atoms with Gasteiger partial charge < -0.3 is 14.8 Å². The van der Waals surface area contributed by atoms with E-state index in [0.717, 1.165) is 25.9 Å². The van der Waals surface area contributed by atoms with Crippen LogP contribution in [0.1, 0.15) is 5.56 Å². The van der Waals surface area contributed by atoms with Crippen LogP contribution >= 0.6 is 43.6 Å². The van der Waals surface area contributed by atoms with Crippen LogP contribution in [0.4, 0.5) is 5.69 Å². The van der Waals surface area contributed by atoms with Gasteiger partial charge in [-0.15, -0.1) is 0 Å². The fraction of sp³-hybridized carbons (Fsp3) is 0.111. The van der Waals surface area contributed by atoms with E-state index in [-0.39, 0.29) is 5.91 Å². The Hall–Kier alpha value is -1.77. The van der Waals surface area contributed by atoms with E-state index >= 15 is 0 Å². The number of hydrogen-bond donors (Lipinski definition) is 1. The maximum Gasteiger partial charge on any atom is 0.264 e. The molecule has 2 aromatic rings. The largest absolute Gasteiger partial charge is 0.497 e. The van der Waals surface area contributed by atoms with Crippen LogP contribution in [0.5, 0.6) is 11.5 Å². The van der Waals surface area contributed by atoms with Crippen LogP contribution in [0.25, 0.3) is 6.08 Å². The first-order valence-corrected chi connectivity index (χ1v) is 9.87. The smallest absolute Gasteiger partial charge is 0.264 e. The molecule has 2 aromatic carbocycles. The monoisotopic (exact) mass is 496 g/mol. The topological polar surface area (TPSA) is 59.9 Å². The van der Waals surface area contributed by atoms with Gasteiger partial charge in [0.15, 0.2) is 5.17 Å².